The van der Waals surface area contributed by atoms with Crippen molar-refractivity contribution in [2.75, 3.05) is 19.8 Å². The van der Waals surface area contributed by atoms with Gasteiger partial charge >= 0.3 is 0 Å². The molecule has 2 aromatic carbocycles. The summed E-state index contributed by atoms with van der Waals surface area (Å²) in [6.45, 7) is 6.29. The summed E-state index contributed by atoms with van der Waals surface area (Å²) in [6.07, 6.45) is 2.32. The molecule has 0 aliphatic heterocycles. The summed E-state index contributed by atoms with van der Waals surface area (Å²) in [6, 6.07) is 17.6. The van der Waals surface area contributed by atoms with Crippen molar-refractivity contribution in [3.8, 4) is 5.75 Å². The number of ether oxygens (including phenoxy) is 1. The van der Waals surface area contributed by atoms with Crippen molar-refractivity contribution >= 4 is 10.9 Å². The van der Waals surface area contributed by atoms with Gasteiger partial charge in [0.05, 0.1) is 19.2 Å². The second kappa shape index (κ2) is 12.4. The number of aliphatic hydroxyl groups is 1. The third-order valence-electron chi connectivity index (χ3n) is 6.22. The van der Waals surface area contributed by atoms with Gasteiger partial charge in [0.25, 0.3) is 5.56 Å². The minimum absolute atomic E-state index is 0.0656. The van der Waals surface area contributed by atoms with Crippen LogP contribution in [0.25, 0.3) is 10.9 Å². The first-order valence-electron chi connectivity index (χ1n) is 12.6. The highest BCUT2D eigenvalue weighted by atomic mass is 16.5. The van der Waals surface area contributed by atoms with Gasteiger partial charge in [-0.15, -0.1) is 5.10 Å². The molecule has 190 valence electrons. The predicted molar refractivity (Wildman–Crippen MR) is 139 cm³/mol. The van der Waals surface area contributed by atoms with Gasteiger partial charge in [-0.25, -0.2) is 4.68 Å². The number of tetrazole rings is 1. The van der Waals surface area contributed by atoms with Gasteiger partial charge < -0.3 is 14.8 Å². The van der Waals surface area contributed by atoms with Crippen LogP contribution in [0.3, 0.4) is 0 Å². The zero-order valence-electron chi connectivity index (χ0n) is 20.9. The highest BCUT2D eigenvalue weighted by molar-refractivity contribution is 5.80. The van der Waals surface area contributed by atoms with Gasteiger partial charge in [0.2, 0.25) is 0 Å². The van der Waals surface area contributed by atoms with E-state index in [4.69, 9.17) is 4.74 Å². The number of aromatic nitrogens is 5. The summed E-state index contributed by atoms with van der Waals surface area (Å²) < 4.78 is 7.48. The van der Waals surface area contributed by atoms with Gasteiger partial charge in [-0.1, -0.05) is 43.7 Å². The predicted octanol–water partition coefficient (Wildman–Crippen LogP) is 3.69. The van der Waals surface area contributed by atoms with Gasteiger partial charge in [0.1, 0.15) is 5.75 Å². The molecule has 1 unspecified atom stereocenters. The molecule has 0 saturated carbocycles. The van der Waals surface area contributed by atoms with Crippen molar-refractivity contribution in [2.45, 2.75) is 52.2 Å². The van der Waals surface area contributed by atoms with Crippen molar-refractivity contribution in [1.29, 1.82) is 0 Å². The average molecular weight is 491 g/mol. The number of fused-ring (bicyclic) bond motifs is 1. The first-order valence-corrected chi connectivity index (χ1v) is 12.6. The molecule has 2 heterocycles. The number of benzene rings is 2. The number of rotatable bonds is 13. The van der Waals surface area contributed by atoms with Crippen LogP contribution in [-0.2, 0) is 13.1 Å². The number of aliphatic hydroxyl groups excluding tert-OH is 1. The molecule has 4 aromatic rings. The summed E-state index contributed by atoms with van der Waals surface area (Å²) in [5, 5.41) is 23.2. The Kier molecular flexibility index (Phi) is 8.80. The monoisotopic (exact) mass is 490 g/mol. The summed E-state index contributed by atoms with van der Waals surface area (Å²) >= 11 is 0. The van der Waals surface area contributed by atoms with Crippen molar-refractivity contribution in [1.82, 2.24) is 30.1 Å². The fourth-order valence-electron chi connectivity index (χ4n) is 4.51. The molecule has 0 aliphatic carbocycles. The smallest absolute Gasteiger partial charge is 0.252 e. The van der Waals surface area contributed by atoms with E-state index in [2.05, 4.69) is 44.5 Å². The molecule has 9 nitrogen and oxygen atoms in total. The van der Waals surface area contributed by atoms with Crippen LogP contribution in [0.15, 0.2) is 59.4 Å². The number of aromatic amines is 1. The summed E-state index contributed by atoms with van der Waals surface area (Å²) in [7, 11) is 0. The Bertz CT molecular complexity index is 1300. The third kappa shape index (κ3) is 6.16. The quantitative estimate of drug-likeness (QED) is 0.294. The maximum atomic E-state index is 13.0. The molecule has 9 heteroatoms. The van der Waals surface area contributed by atoms with Crippen molar-refractivity contribution in [3.63, 3.8) is 0 Å². The van der Waals surface area contributed by atoms with Crippen LogP contribution in [-0.4, -0.2) is 55.0 Å². The molecule has 1 atom stereocenters. The van der Waals surface area contributed by atoms with Crippen LogP contribution >= 0.6 is 0 Å². The van der Waals surface area contributed by atoms with Gasteiger partial charge in [0.15, 0.2) is 5.82 Å². The Morgan fingerprint density at radius 1 is 1.14 bits per heavy atom. The Labute approximate surface area is 210 Å². The van der Waals surface area contributed by atoms with E-state index in [0.717, 1.165) is 40.9 Å². The average Bonchev–Trinajstić information content (AvgIpc) is 3.34. The highest BCUT2D eigenvalue weighted by Gasteiger charge is 2.26. The molecule has 0 radical (unpaired) electrons. The molecular formula is C27H34N6O3. The summed E-state index contributed by atoms with van der Waals surface area (Å²) in [4.78, 5) is 18.2. The lowest BCUT2D eigenvalue weighted by Crippen LogP contribution is -2.34. The number of nitrogens with zero attached hydrogens (tertiary/aromatic N) is 5. The van der Waals surface area contributed by atoms with Crippen LogP contribution in [0, 0.1) is 0 Å². The van der Waals surface area contributed by atoms with E-state index in [1.54, 1.807) is 0 Å². The molecule has 0 aliphatic rings. The molecule has 0 amide bonds. The number of nitrogens with one attached hydrogen (secondary N) is 1. The second-order valence-electron chi connectivity index (χ2n) is 8.84. The lowest BCUT2D eigenvalue weighted by Gasteiger charge is -2.30. The standard InChI is InChI=1S/C27H34N6O3/c1-3-9-25(26-29-30-31-33(26)18-20-10-6-5-7-11-20)32(14-8-15-34)19-22-16-21-17-23(36-4-2)12-13-24(21)28-27(22)35/h5-7,10-13,16-17,25,34H,3-4,8-9,14-15,18-19H2,1-2H3,(H,28,35). The van der Waals surface area contributed by atoms with E-state index in [1.165, 1.54) is 0 Å². The zero-order chi connectivity index (χ0) is 25.3. The molecule has 0 fully saturated rings. The lowest BCUT2D eigenvalue weighted by atomic mass is 10.1. The minimum Gasteiger partial charge on any atom is -0.494 e. The molecule has 4 rings (SSSR count). The van der Waals surface area contributed by atoms with Crippen LogP contribution in [0.5, 0.6) is 5.75 Å². The first kappa shape index (κ1) is 25.5. The van der Waals surface area contributed by atoms with Gasteiger partial charge in [-0.3, -0.25) is 9.69 Å². The van der Waals surface area contributed by atoms with Gasteiger partial charge in [-0.2, -0.15) is 0 Å². The van der Waals surface area contributed by atoms with Gasteiger partial charge in [-0.05, 0) is 60.0 Å². The maximum Gasteiger partial charge on any atom is 0.252 e. The van der Waals surface area contributed by atoms with Crippen molar-refractivity contribution in [3.05, 3.63) is 81.9 Å². The maximum absolute atomic E-state index is 13.0. The summed E-state index contributed by atoms with van der Waals surface area (Å²) in [5.41, 5.74) is 2.40. The largest absolute Gasteiger partial charge is 0.494 e. The molecule has 2 aromatic heterocycles. The Morgan fingerprint density at radius 2 is 1.97 bits per heavy atom. The van der Waals surface area contributed by atoms with E-state index >= 15 is 0 Å². The third-order valence-corrected chi connectivity index (χ3v) is 6.22. The molecule has 0 bridgehead atoms. The first-order chi connectivity index (χ1) is 17.6. The van der Waals surface area contributed by atoms with Crippen LogP contribution in [0.4, 0.5) is 0 Å². The van der Waals surface area contributed by atoms with Crippen LogP contribution in [0.2, 0.25) is 0 Å². The van der Waals surface area contributed by atoms with E-state index in [0.29, 0.717) is 38.2 Å². The highest BCUT2D eigenvalue weighted by Crippen LogP contribution is 2.27. The summed E-state index contributed by atoms with van der Waals surface area (Å²) in [5.74, 6) is 1.53. The van der Waals surface area contributed by atoms with E-state index in [9.17, 15) is 9.90 Å². The van der Waals surface area contributed by atoms with E-state index < -0.39 is 0 Å². The SMILES string of the molecule is CCCC(c1nnnn1Cc1ccccc1)N(CCCO)Cc1cc2cc(OCC)ccc2[nH]c1=O. The Morgan fingerprint density at radius 3 is 2.72 bits per heavy atom. The number of hydrogen-bond acceptors (Lipinski definition) is 7. The van der Waals surface area contributed by atoms with Crippen molar-refractivity contribution in [2.24, 2.45) is 0 Å². The van der Waals surface area contributed by atoms with Gasteiger partial charge in [0, 0.05) is 36.2 Å². The Hall–Kier alpha value is -3.56. The minimum atomic E-state index is -0.125. The van der Waals surface area contributed by atoms with E-state index in [-0.39, 0.29) is 18.2 Å². The molecule has 0 spiro atoms. The number of H-pyrrole nitrogens is 1. The van der Waals surface area contributed by atoms with Crippen LogP contribution < -0.4 is 10.3 Å². The normalized spacial score (nSPS) is 12.3. The van der Waals surface area contributed by atoms with Crippen molar-refractivity contribution < 1.29 is 9.84 Å². The number of hydrogen-bond donors (Lipinski definition) is 2. The molecular weight excluding hydrogens is 456 g/mol. The fourth-order valence-corrected chi connectivity index (χ4v) is 4.51. The van der Waals surface area contributed by atoms with Crippen LogP contribution in [0.1, 0.15) is 56.1 Å². The fraction of sp³-hybridized carbons (Fsp3) is 0.407. The Balaban J connectivity index is 1.67. The molecule has 36 heavy (non-hydrogen) atoms. The number of pyridine rings is 1. The topological polar surface area (TPSA) is 109 Å². The molecule has 2 N–H and O–H groups in total. The van der Waals surface area contributed by atoms with E-state index in [1.807, 2.05) is 54.1 Å². The lowest BCUT2D eigenvalue weighted by molar-refractivity contribution is 0.148. The second-order valence-corrected chi connectivity index (χ2v) is 8.84. The zero-order valence-corrected chi connectivity index (χ0v) is 20.9. The molecule has 0 saturated heterocycles.